The van der Waals surface area contributed by atoms with Crippen LogP contribution in [0.25, 0.3) is 0 Å². The summed E-state index contributed by atoms with van der Waals surface area (Å²) >= 11 is 1.13. The van der Waals surface area contributed by atoms with Crippen molar-refractivity contribution >= 4 is 17.7 Å². The van der Waals surface area contributed by atoms with Gasteiger partial charge in [0, 0.05) is 4.90 Å². The maximum absolute atomic E-state index is 10.4. The first-order chi connectivity index (χ1) is 5.70. The Kier molecular flexibility index (Phi) is 3.13. The number of thioether (sulfide) groups is 1. The second kappa shape index (κ2) is 4.13. The van der Waals surface area contributed by atoms with Crippen molar-refractivity contribution in [1.82, 2.24) is 0 Å². The van der Waals surface area contributed by atoms with E-state index in [9.17, 15) is 4.79 Å². The number of aliphatic carboxylic acids is 1. The van der Waals surface area contributed by atoms with Crippen LogP contribution in [0.4, 0.5) is 0 Å². The molecule has 3 N–H and O–H groups in total. The molecule has 0 heterocycles. The Balaban J connectivity index is 2.58. The Labute approximate surface area is 74.6 Å². The molecule has 0 aliphatic heterocycles. The van der Waals surface area contributed by atoms with Gasteiger partial charge in [-0.1, -0.05) is 30.0 Å². The molecule has 1 rings (SSSR count). The third-order valence-corrected chi connectivity index (χ3v) is 2.25. The van der Waals surface area contributed by atoms with Crippen LogP contribution in [-0.4, -0.2) is 16.4 Å². The van der Waals surface area contributed by atoms with E-state index in [0.717, 1.165) is 16.7 Å². The highest BCUT2D eigenvalue weighted by molar-refractivity contribution is 8.00. The number of nitrogens with two attached hydrogens (primary N) is 1. The summed E-state index contributed by atoms with van der Waals surface area (Å²) in [5.41, 5.74) is 5.31. The number of carboxylic acid groups (broad SMARTS) is 1. The third kappa shape index (κ3) is 2.56. The molecule has 0 saturated heterocycles. The smallest absolute Gasteiger partial charge is 0.331 e. The van der Waals surface area contributed by atoms with Crippen molar-refractivity contribution in [2.75, 3.05) is 0 Å². The lowest BCUT2D eigenvalue weighted by Crippen LogP contribution is -2.25. The summed E-state index contributed by atoms with van der Waals surface area (Å²) < 4.78 is 0. The van der Waals surface area contributed by atoms with Gasteiger partial charge >= 0.3 is 5.97 Å². The molecule has 1 aromatic rings. The molecule has 4 heteroatoms. The van der Waals surface area contributed by atoms with E-state index in [0.29, 0.717) is 0 Å². The van der Waals surface area contributed by atoms with E-state index in [4.69, 9.17) is 10.8 Å². The lowest BCUT2D eigenvalue weighted by Gasteiger charge is -2.04. The Morgan fingerprint density at radius 3 is 2.50 bits per heavy atom. The van der Waals surface area contributed by atoms with Crippen molar-refractivity contribution in [3.8, 4) is 0 Å². The lowest BCUT2D eigenvalue weighted by molar-refractivity contribution is -0.136. The van der Waals surface area contributed by atoms with E-state index in [1.54, 1.807) is 0 Å². The molecule has 1 aromatic carbocycles. The van der Waals surface area contributed by atoms with Crippen molar-refractivity contribution in [3.63, 3.8) is 0 Å². The first kappa shape index (κ1) is 9.09. The number of hydrogen-bond acceptors (Lipinski definition) is 3. The fourth-order valence-corrected chi connectivity index (χ4v) is 1.40. The number of carbonyl (C=O) groups is 1. The van der Waals surface area contributed by atoms with Crippen molar-refractivity contribution in [3.05, 3.63) is 30.3 Å². The summed E-state index contributed by atoms with van der Waals surface area (Å²) in [6.07, 6.45) is 0. The summed E-state index contributed by atoms with van der Waals surface area (Å²) in [4.78, 5) is 11.2. The van der Waals surface area contributed by atoms with Crippen LogP contribution in [0.1, 0.15) is 0 Å². The molecule has 0 radical (unpaired) electrons. The zero-order valence-corrected chi connectivity index (χ0v) is 7.12. The summed E-state index contributed by atoms with van der Waals surface area (Å²) in [6.45, 7) is 0. The van der Waals surface area contributed by atoms with Gasteiger partial charge in [0.1, 0.15) is 0 Å². The zero-order chi connectivity index (χ0) is 8.97. The number of benzene rings is 1. The maximum atomic E-state index is 10.4. The van der Waals surface area contributed by atoms with Crippen LogP contribution in [0.3, 0.4) is 0 Å². The summed E-state index contributed by atoms with van der Waals surface area (Å²) in [7, 11) is 0. The predicted molar refractivity (Wildman–Crippen MR) is 47.9 cm³/mol. The molecule has 12 heavy (non-hydrogen) atoms. The van der Waals surface area contributed by atoms with Gasteiger partial charge in [0.25, 0.3) is 0 Å². The molecule has 0 amide bonds. The number of hydrogen-bond donors (Lipinski definition) is 2. The van der Waals surface area contributed by atoms with Gasteiger partial charge in [-0.25, -0.2) is 4.79 Å². The predicted octanol–water partition coefficient (Wildman–Crippen LogP) is 1.15. The molecule has 0 aliphatic rings. The van der Waals surface area contributed by atoms with Crippen molar-refractivity contribution in [2.45, 2.75) is 10.3 Å². The van der Waals surface area contributed by atoms with Gasteiger partial charge in [-0.2, -0.15) is 0 Å². The van der Waals surface area contributed by atoms with Gasteiger partial charge < -0.3 is 10.8 Å². The van der Waals surface area contributed by atoms with E-state index in [-0.39, 0.29) is 0 Å². The first-order valence-corrected chi connectivity index (χ1v) is 4.28. The SMILES string of the molecule is N[C@H](Sc1ccccc1)C(=O)O. The first-order valence-electron chi connectivity index (χ1n) is 3.40. The Bertz CT molecular complexity index is 263. The van der Waals surface area contributed by atoms with Crippen molar-refractivity contribution in [2.24, 2.45) is 5.73 Å². The normalized spacial score (nSPS) is 12.4. The van der Waals surface area contributed by atoms with Gasteiger partial charge in [0.15, 0.2) is 5.37 Å². The van der Waals surface area contributed by atoms with E-state index < -0.39 is 11.3 Å². The Morgan fingerprint density at radius 1 is 1.42 bits per heavy atom. The van der Waals surface area contributed by atoms with Crippen molar-refractivity contribution in [1.29, 1.82) is 0 Å². The second-order valence-corrected chi connectivity index (χ2v) is 3.40. The third-order valence-electron chi connectivity index (χ3n) is 1.25. The minimum Gasteiger partial charge on any atom is -0.479 e. The summed E-state index contributed by atoms with van der Waals surface area (Å²) in [5, 5.41) is 7.62. The fourth-order valence-electron chi connectivity index (χ4n) is 0.696. The summed E-state index contributed by atoms with van der Waals surface area (Å²) in [5.74, 6) is -0.996. The molecule has 64 valence electrons. The van der Waals surface area contributed by atoms with Gasteiger partial charge in [0.05, 0.1) is 0 Å². The molecule has 0 saturated carbocycles. The van der Waals surface area contributed by atoms with Gasteiger partial charge in [-0.05, 0) is 12.1 Å². The zero-order valence-electron chi connectivity index (χ0n) is 6.31. The average molecular weight is 183 g/mol. The van der Waals surface area contributed by atoms with E-state index in [1.807, 2.05) is 30.3 Å². The largest absolute Gasteiger partial charge is 0.479 e. The van der Waals surface area contributed by atoms with Crippen LogP contribution < -0.4 is 5.73 Å². The van der Waals surface area contributed by atoms with Gasteiger partial charge in [0.2, 0.25) is 0 Å². The molecular formula is C8H9NO2S. The molecule has 0 spiro atoms. The average Bonchev–Trinajstić information content (AvgIpc) is 2.06. The highest BCUT2D eigenvalue weighted by Crippen LogP contribution is 2.19. The van der Waals surface area contributed by atoms with Gasteiger partial charge in [-0.15, -0.1) is 0 Å². The maximum Gasteiger partial charge on any atom is 0.331 e. The molecular weight excluding hydrogens is 174 g/mol. The number of carboxylic acids is 1. The molecule has 0 bridgehead atoms. The van der Waals surface area contributed by atoms with E-state index in [1.165, 1.54) is 0 Å². The molecule has 0 fully saturated rings. The van der Waals surface area contributed by atoms with Crippen LogP contribution in [0, 0.1) is 0 Å². The van der Waals surface area contributed by atoms with Crippen LogP contribution >= 0.6 is 11.8 Å². The van der Waals surface area contributed by atoms with E-state index in [2.05, 4.69) is 0 Å². The monoisotopic (exact) mass is 183 g/mol. The molecule has 1 atom stereocenters. The highest BCUT2D eigenvalue weighted by Gasteiger charge is 2.11. The quantitative estimate of drug-likeness (QED) is 0.545. The van der Waals surface area contributed by atoms with Crippen molar-refractivity contribution < 1.29 is 9.90 Å². The molecule has 0 aromatic heterocycles. The molecule has 0 aliphatic carbocycles. The molecule has 0 unspecified atom stereocenters. The van der Waals surface area contributed by atoms with Crippen LogP contribution in [-0.2, 0) is 4.79 Å². The van der Waals surface area contributed by atoms with Crippen LogP contribution in [0.2, 0.25) is 0 Å². The second-order valence-electron chi connectivity index (χ2n) is 2.19. The lowest BCUT2D eigenvalue weighted by atomic mass is 10.4. The topological polar surface area (TPSA) is 63.3 Å². The van der Waals surface area contributed by atoms with Crippen LogP contribution in [0.15, 0.2) is 35.2 Å². The Hall–Kier alpha value is -1.00. The van der Waals surface area contributed by atoms with Crippen LogP contribution in [0.5, 0.6) is 0 Å². The molecule has 3 nitrogen and oxygen atoms in total. The minimum atomic E-state index is -0.996. The standard InChI is InChI=1S/C8H9NO2S/c9-7(8(10)11)12-6-4-2-1-3-5-6/h1-5,7H,9H2,(H,10,11)/t7-/m1/s1. The number of rotatable bonds is 3. The fraction of sp³-hybridized carbons (Fsp3) is 0.125. The highest BCUT2D eigenvalue weighted by atomic mass is 32.2. The Morgan fingerprint density at radius 2 is 2.00 bits per heavy atom. The summed E-state index contributed by atoms with van der Waals surface area (Å²) in [6, 6.07) is 9.21. The minimum absolute atomic E-state index is 0.868. The van der Waals surface area contributed by atoms with E-state index >= 15 is 0 Å². The van der Waals surface area contributed by atoms with Gasteiger partial charge in [-0.3, -0.25) is 0 Å².